The van der Waals surface area contributed by atoms with Crippen molar-refractivity contribution < 1.29 is 13.9 Å². The number of nitrogens with zero attached hydrogens (tertiary/aromatic N) is 4. The van der Waals surface area contributed by atoms with Gasteiger partial charge in [-0.25, -0.2) is 9.78 Å². The van der Waals surface area contributed by atoms with E-state index in [1.807, 2.05) is 69.3 Å². The van der Waals surface area contributed by atoms with Crippen molar-refractivity contribution in [2.24, 2.45) is 10.2 Å². The van der Waals surface area contributed by atoms with Gasteiger partial charge < -0.3 is 9.15 Å². The summed E-state index contributed by atoms with van der Waals surface area (Å²) in [6.45, 7) is 6.91. The molecular weight excluding hydrogens is 380 g/mol. The molecule has 3 aromatic rings. The third-order valence-electron chi connectivity index (χ3n) is 4.59. The first-order valence-electron chi connectivity index (χ1n) is 9.66. The van der Waals surface area contributed by atoms with E-state index in [1.165, 1.54) is 13.5 Å². The Morgan fingerprint density at radius 1 is 1.07 bits per heavy atom. The largest absolute Gasteiger partial charge is 0.453 e. The summed E-state index contributed by atoms with van der Waals surface area (Å²) in [7, 11) is 1.40. The molecule has 0 unspecified atom stereocenters. The molecule has 7 nitrogen and oxygen atoms in total. The minimum absolute atomic E-state index is 0.330. The van der Waals surface area contributed by atoms with E-state index in [0.717, 1.165) is 28.1 Å². The van der Waals surface area contributed by atoms with Gasteiger partial charge in [-0.05, 0) is 56.2 Å². The lowest BCUT2D eigenvalue weighted by Crippen LogP contribution is -2.44. The number of hydrogen-bond acceptors (Lipinski definition) is 6. The molecule has 0 aliphatic carbocycles. The van der Waals surface area contributed by atoms with Crippen LogP contribution in [0.15, 0.2) is 75.8 Å². The summed E-state index contributed by atoms with van der Waals surface area (Å²) < 4.78 is 10.2. The molecule has 0 bridgehead atoms. The average Bonchev–Trinajstić information content (AvgIpc) is 3.27. The number of methoxy groups -OCH3 is 1. The van der Waals surface area contributed by atoms with Crippen molar-refractivity contribution in [3.8, 4) is 11.3 Å². The molecule has 0 aliphatic rings. The maximum Gasteiger partial charge on any atom is 0.410 e. The predicted octanol–water partition coefficient (Wildman–Crippen LogP) is 5.99. The fourth-order valence-corrected chi connectivity index (χ4v) is 2.87. The van der Waals surface area contributed by atoms with Crippen LogP contribution in [0.2, 0.25) is 0 Å². The zero-order valence-corrected chi connectivity index (χ0v) is 17.7. The second-order valence-corrected chi connectivity index (χ2v) is 7.86. The van der Waals surface area contributed by atoms with E-state index in [2.05, 4.69) is 15.2 Å². The minimum atomic E-state index is -0.338. The molecule has 1 heterocycles. The summed E-state index contributed by atoms with van der Waals surface area (Å²) in [5.41, 5.74) is 3.45. The number of oxazole rings is 1. The number of carbonyl (C=O) groups excluding carboxylic acids is 1. The Morgan fingerprint density at radius 3 is 2.30 bits per heavy atom. The van der Waals surface area contributed by atoms with Crippen molar-refractivity contribution in [2.75, 3.05) is 7.11 Å². The van der Waals surface area contributed by atoms with Crippen molar-refractivity contribution in [3.63, 3.8) is 0 Å². The number of ether oxygens (including phenoxy) is 1. The van der Waals surface area contributed by atoms with Crippen LogP contribution in [0, 0.1) is 0 Å². The maximum absolute atomic E-state index is 12.1. The van der Waals surface area contributed by atoms with E-state index in [9.17, 15) is 4.79 Å². The van der Waals surface area contributed by atoms with Crippen LogP contribution < -0.4 is 0 Å². The van der Waals surface area contributed by atoms with E-state index in [4.69, 9.17) is 9.15 Å². The highest BCUT2D eigenvalue weighted by Gasteiger charge is 2.27. The number of carbonyl (C=O) groups is 1. The number of benzene rings is 2. The molecule has 2 aromatic carbocycles. The number of azo groups is 1. The Labute approximate surface area is 176 Å². The van der Waals surface area contributed by atoms with Gasteiger partial charge in [-0.3, -0.25) is 4.90 Å². The highest BCUT2D eigenvalue weighted by molar-refractivity contribution is 5.68. The lowest BCUT2D eigenvalue weighted by Gasteiger charge is -2.34. The molecule has 30 heavy (non-hydrogen) atoms. The lowest BCUT2D eigenvalue weighted by atomic mass is 10.0. The fourth-order valence-electron chi connectivity index (χ4n) is 2.87. The van der Waals surface area contributed by atoms with E-state index in [1.54, 1.807) is 11.1 Å². The molecule has 156 valence electrons. The third-order valence-corrected chi connectivity index (χ3v) is 4.59. The van der Waals surface area contributed by atoms with Crippen molar-refractivity contribution >= 4 is 11.8 Å². The van der Waals surface area contributed by atoms with Crippen molar-refractivity contribution in [2.45, 2.75) is 39.4 Å². The maximum atomic E-state index is 12.1. The van der Waals surface area contributed by atoms with Crippen LogP contribution in [0.3, 0.4) is 0 Å². The van der Waals surface area contributed by atoms with Gasteiger partial charge in [0.25, 0.3) is 0 Å². The standard InChI is InChI=1S/C23H26N4O3/c1-23(2,3)27(22(28)29-4)15-18-7-5-17(6-8-18)13-25-26-20-11-9-19(10-12-20)21-14-24-16-30-21/h5-12,14,16H,13,15H2,1-4H3. The monoisotopic (exact) mass is 406 g/mol. The molecule has 0 N–H and O–H groups in total. The quantitative estimate of drug-likeness (QED) is 0.471. The molecule has 0 saturated heterocycles. The summed E-state index contributed by atoms with van der Waals surface area (Å²) in [4.78, 5) is 17.7. The molecule has 7 heteroatoms. The normalized spacial score (nSPS) is 11.6. The van der Waals surface area contributed by atoms with E-state index in [-0.39, 0.29) is 11.6 Å². The summed E-state index contributed by atoms with van der Waals surface area (Å²) in [6.07, 6.45) is 2.74. The first-order chi connectivity index (χ1) is 14.4. The van der Waals surface area contributed by atoms with Crippen LogP contribution in [-0.4, -0.2) is 28.6 Å². The lowest BCUT2D eigenvalue weighted by molar-refractivity contribution is 0.0793. The van der Waals surface area contributed by atoms with Gasteiger partial charge in [-0.2, -0.15) is 10.2 Å². The van der Waals surface area contributed by atoms with Crippen LogP contribution in [0.25, 0.3) is 11.3 Å². The van der Waals surface area contributed by atoms with Crippen molar-refractivity contribution in [3.05, 3.63) is 72.2 Å². The van der Waals surface area contributed by atoms with Crippen LogP contribution in [0.5, 0.6) is 0 Å². The number of amides is 1. The van der Waals surface area contributed by atoms with Crippen molar-refractivity contribution in [1.82, 2.24) is 9.88 Å². The van der Waals surface area contributed by atoms with Crippen LogP contribution in [-0.2, 0) is 17.8 Å². The molecule has 1 aromatic heterocycles. The Hall–Kier alpha value is -3.48. The van der Waals surface area contributed by atoms with Crippen molar-refractivity contribution in [1.29, 1.82) is 0 Å². The Kier molecular flexibility index (Phi) is 6.61. The van der Waals surface area contributed by atoms with Gasteiger partial charge in [0.05, 0.1) is 25.5 Å². The van der Waals surface area contributed by atoms with Gasteiger partial charge in [0.2, 0.25) is 0 Å². The Morgan fingerprint density at radius 2 is 1.73 bits per heavy atom. The van der Waals surface area contributed by atoms with Crippen LogP contribution in [0.1, 0.15) is 31.9 Å². The van der Waals surface area contributed by atoms with E-state index >= 15 is 0 Å². The van der Waals surface area contributed by atoms with Gasteiger partial charge in [-0.1, -0.05) is 24.3 Å². The average molecular weight is 406 g/mol. The SMILES string of the molecule is COC(=O)N(Cc1ccc(CN=Nc2ccc(-c3cnco3)cc2)cc1)C(C)(C)C. The van der Waals surface area contributed by atoms with E-state index in [0.29, 0.717) is 13.1 Å². The highest BCUT2D eigenvalue weighted by atomic mass is 16.5. The molecule has 0 radical (unpaired) electrons. The second kappa shape index (κ2) is 9.35. The number of hydrogen-bond donors (Lipinski definition) is 0. The predicted molar refractivity (Wildman–Crippen MR) is 114 cm³/mol. The molecule has 3 rings (SSSR count). The molecule has 0 atom stereocenters. The molecule has 0 spiro atoms. The number of aromatic nitrogens is 1. The molecule has 1 amide bonds. The second-order valence-electron chi connectivity index (χ2n) is 7.86. The first-order valence-corrected chi connectivity index (χ1v) is 9.66. The summed E-state index contributed by atoms with van der Waals surface area (Å²) in [5, 5.41) is 8.55. The minimum Gasteiger partial charge on any atom is -0.453 e. The molecule has 0 fully saturated rings. The fraction of sp³-hybridized carbons (Fsp3) is 0.304. The van der Waals surface area contributed by atoms with Crippen LogP contribution >= 0.6 is 0 Å². The van der Waals surface area contributed by atoms with Gasteiger partial charge >= 0.3 is 6.09 Å². The van der Waals surface area contributed by atoms with Gasteiger partial charge in [-0.15, -0.1) is 0 Å². The zero-order chi connectivity index (χ0) is 21.6. The highest BCUT2D eigenvalue weighted by Crippen LogP contribution is 2.23. The summed E-state index contributed by atoms with van der Waals surface area (Å²) >= 11 is 0. The van der Waals surface area contributed by atoms with E-state index < -0.39 is 0 Å². The van der Waals surface area contributed by atoms with Gasteiger partial charge in [0, 0.05) is 17.6 Å². The zero-order valence-electron chi connectivity index (χ0n) is 17.7. The third kappa shape index (κ3) is 5.53. The first kappa shape index (κ1) is 21.2. The molecule has 0 saturated carbocycles. The molecule has 0 aliphatic heterocycles. The van der Waals surface area contributed by atoms with Gasteiger partial charge in [0.15, 0.2) is 12.2 Å². The Balaban J connectivity index is 1.58. The smallest absolute Gasteiger partial charge is 0.410 e. The molecular formula is C23H26N4O3. The van der Waals surface area contributed by atoms with Gasteiger partial charge in [0.1, 0.15) is 0 Å². The summed E-state index contributed by atoms with van der Waals surface area (Å²) in [6, 6.07) is 15.6. The summed E-state index contributed by atoms with van der Waals surface area (Å²) in [5.74, 6) is 0.718. The Bertz CT molecular complexity index is 973. The topological polar surface area (TPSA) is 80.3 Å². The van der Waals surface area contributed by atoms with Crippen LogP contribution in [0.4, 0.5) is 10.5 Å². The number of rotatable bonds is 6.